The van der Waals surface area contributed by atoms with Crippen LogP contribution in [-0.4, -0.2) is 32.6 Å². The summed E-state index contributed by atoms with van der Waals surface area (Å²) in [5.74, 6) is 1.04. The van der Waals surface area contributed by atoms with Gasteiger partial charge in [0.25, 0.3) is 0 Å². The molecular weight excluding hydrogens is 470 g/mol. The fourth-order valence-corrected chi connectivity index (χ4v) is 5.58. The summed E-state index contributed by atoms with van der Waals surface area (Å²) in [5.41, 5.74) is 12.6. The number of nitrogens with two attached hydrogens (primary N) is 1. The molecule has 0 unspecified atom stereocenters. The van der Waals surface area contributed by atoms with Crippen molar-refractivity contribution in [1.82, 2.24) is 18.9 Å². The zero-order valence-corrected chi connectivity index (χ0v) is 21.5. The van der Waals surface area contributed by atoms with E-state index in [0.29, 0.717) is 17.0 Å². The van der Waals surface area contributed by atoms with Crippen LogP contribution in [0.5, 0.6) is 0 Å². The van der Waals surface area contributed by atoms with Crippen LogP contribution in [0.3, 0.4) is 0 Å². The van der Waals surface area contributed by atoms with E-state index in [-0.39, 0.29) is 5.95 Å². The van der Waals surface area contributed by atoms with Gasteiger partial charge in [0, 0.05) is 16.7 Å². The van der Waals surface area contributed by atoms with Gasteiger partial charge in [0.1, 0.15) is 5.82 Å². The summed E-state index contributed by atoms with van der Waals surface area (Å²) in [4.78, 5) is 12.9. The van der Waals surface area contributed by atoms with E-state index in [0.717, 1.165) is 37.9 Å². The van der Waals surface area contributed by atoms with Crippen LogP contribution in [0.2, 0.25) is 0 Å². The lowest BCUT2D eigenvalue weighted by atomic mass is 9.97. The van der Waals surface area contributed by atoms with Gasteiger partial charge in [-0.1, -0.05) is 74.5 Å². The Balaban J connectivity index is 1.77. The second kappa shape index (κ2) is 8.95. The predicted molar refractivity (Wildman–Crippen MR) is 146 cm³/mol. The molecule has 36 heavy (non-hydrogen) atoms. The Bertz CT molecular complexity index is 1670. The van der Waals surface area contributed by atoms with E-state index in [1.165, 1.54) is 5.56 Å². The van der Waals surface area contributed by atoms with E-state index < -0.39 is 15.3 Å². The quantitative estimate of drug-likeness (QED) is 0.296. The normalized spacial score (nSPS) is 12.2. The van der Waals surface area contributed by atoms with Crippen LogP contribution < -0.4 is 5.73 Å². The first kappa shape index (κ1) is 23.8. The largest absolute Gasteiger partial charge is 0.368 e. The van der Waals surface area contributed by atoms with Crippen LogP contribution in [0, 0.1) is 0 Å². The average Bonchev–Trinajstić information content (AvgIpc) is 3.45. The zero-order valence-electron chi connectivity index (χ0n) is 20.7. The third-order valence-corrected chi connectivity index (χ3v) is 8.45. The number of nitrogen functional groups attached to an aromatic ring is 1. The van der Waals surface area contributed by atoms with Crippen LogP contribution in [0.25, 0.3) is 44.9 Å². The Morgan fingerprint density at radius 3 is 2.25 bits per heavy atom. The number of rotatable bonds is 6. The second-order valence-electron chi connectivity index (χ2n) is 9.45. The number of benzene rings is 3. The number of anilines is 1. The van der Waals surface area contributed by atoms with Gasteiger partial charge >= 0.3 is 0 Å². The molecule has 2 aromatic heterocycles. The van der Waals surface area contributed by atoms with Gasteiger partial charge in [-0.2, -0.15) is 0 Å². The van der Waals surface area contributed by atoms with Crippen molar-refractivity contribution < 1.29 is 8.42 Å². The molecule has 3 N–H and O–H groups in total. The summed E-state index contributed by atoms with van der Waals surface area (Å²) >= 11 is 0. The molecule has 0 aliphatic rings. The highest BCUT2D eigenvalue weighted by atomic mass is 32.2. The summed E-state index contributed by atoms with van der Waals surface area (Å²) in [6.45, 7) is 7.58. The molecule has 0 saturated heterocycles. The summed E-state index contributed by atoms with van der Waals surface area (Å²) < 4.78 is 27.3. The van der Waals surface area contributed by atoms with E-state index in [2.05, 4.69) is 35.9 Å². The van der Waals surface area contributed by atoms with Crippen molar-refractivity contribution in [1.29, 1.82) is 0 Å². The number of nitrogens with zero attached hydrogens (tertiary/aromatic N) is 3. The number of nitrogens with one attached hydrogen (secondary N) is 1. The molecule has 5 rings (SSSR count). The number of aromatic nitrogens is 4. The molecule has 7 nitrogen and oxygen atoms in total. The minimum atomic E-state index is -3.70. The number of imidazole rings is 2. The standard InChI is InChI=1S/C28H29N5O2S/c1-17(2)21-12-8-9-13-22(21)27-31-25(19-10-6-5-7-11-19)26(32-27)20-14-15-23-24(16-20)33(28(29)30-23)36(34,35)18(3)4/h5-18H,1-4H3,(H2,29,30)(H,31,32). The van der Waals surface area contributed by atoms with Crippen LogP contribution in [0.1, 0.15) is 39.2 Å². The van der Waals surface area contributed by atoms with Gasteiger partial charge in [-0.05, 0) is 37.5 Å². The van der Waals surface area contributed by atoms with Crippen molar-refractivity contribution in [3.63, 3.8) is 0 Å². The number of hydrogen-bond acceptors (Lipinski definition) is 5. The van der Waals surface area contributed by atoms with Crippen molar-refractivity contribution in [3.8, 4) is 33.9 Å². The van der Waals surface area contributed by atoms with Gasteiger partial charge in [-0.15, -0.1) is 0 Å². The number of fused-ring (bicyclic) bond motifs is 1. The molecule has 0 fully saturated rings. The van der Waals surface area contributed by atoms with Crippen LogP contribution in [0.15, 0.2) is 72.8 Å². The first-order valence-electron chi connectivity index (χ1n) is 12.0. The van der Waals surface area contributed by atoms with Crippen molar-refractivity contribution in [2.24, 2.45) is 0 Å². The Morgan fingerprint density at radius 2 is 1.56 bits per heavy atom. The van der Waals surface area contributed by atoms with Crippen LogP contribution in [0.4, 0.5) is 5.95 Å². The monoisotopic (exact) mass is 499 g/mol. The number of aromatic amines is 1. The summed E-state index contributed by atoms with van der Waals surface area (Å²) in [6, 6.07) is 23.7. The SMILES string of the molecule is CC(C)c1ccccc1-c1nc(-c2ccc3nc(N)n(S(=O)(=O)C(C)C)c3c2)c(-c2ccccc2)[nH]1. The molecule has 0 atom stereocenters. The van der Waals surface area contributed by atoms with Gasteiger partial charge in [-0.25, -0.2) is 22.4 Å². The maximum Gasteiger partial charge on any atom is 0.244 e. The molecule has 3 aromatic carbocycles. The first-order valence-corrected chi connectivity index (χ1v) is 13.5. The Morgan fingerprint density at radius 1 is 0.861 bits per heavy atom. The Kier molecular flexibility index (Phi) is 5.92. The molecule has 184 valence electrons. The van der Waals surface area contributed by atoms with E-state index in [1.54, 1.807) is 26.0 Å². The molecular formula is C28H29N5O2S. The van der Waals surface area contributed by atoms with Gasteiger partial charge < -0.3 is 10.7 Å². The lowest BCUT2D eigenvalue weighted by Crippen LogP contribution is -2.23. The van der Waals surface area contributed by atoms with Crippen LogP contribution >= 0.6 is 0 Å². The van der Waals surface area contributed by atoms with E-state index in [1.807, 2.05) is 48.5 Å². The molecule has 8 heteroatoms. The molecule has 0 spiro atoms. The average molecular weight is 500 g/mol. The molecule has 0 radical (unpaired) electrons. The summed E-state index contributed by atoms with van der Waals surface area (Å²) in [6.07, 6.45) is 0. The van der Waals surface area contributed by atoms with Crippen LogP contribution in [-0.2, 0) is 10.0 Å². The molecule has 0 aliphatic heterocycles. The Labute approximate surface area is 211 Å². The maximum atomic E-state index is 13.1. The lowest BCUT2D eigenvalue weighted by Gasteiger charge is -2.11. The Hall–Kier alpha value is -3.91. The van der Waals surface area contributed by atoms with E-state index >= 15 is 0 Å². The van der Waals surface area contributed by atoms with Crippen molar-refractivity contribution in [3.05, 3.63) is 78.4 Å². The minimum absolute atomic E-state index is 0.0484. The van der Waals surface area contributed by atoms with Crippen molar-refractivity contribution >= 4 is 27.0 Å². The smallest absolute Gasteiger partial charge is 0.244 e. The lowest BCUT2D eigenvalue weighted by molar-refractivity contribution is 0.580. The van der Waals surface area contributed by atoms with Gasteiger partial charge in [-0.3, -0.25) is 0 Å². The highest BCUT2D eigenvalue weighted by molar-refractivity contribution is 7.90. The maximum absolute atomic E-state index is 13.1. The van der Waals surface area contributed by atoms with Crippen molar-refractivity contribution in [2.75, 3.05) is 5.73 Å². The van der Waals surface area contributed by atoms with E-state index in [9.17, 15) is 8.42 Å². The molecule has 0 aliphatic carbocycles. The zero-order chi connectivity index (χ0) is 25.6. The third kappa shape index (κ3) is 3.97. The number of H-pyrrole nitrogens is 1. The highest BCUT2D eigenvalue weighted by Crippen LogP contribution is 2.37. The molecule has 0 amide bonds. The number of hydrogen-bond donors (Lipinski definition) is 2. The summed E-state index contributed by atoms with van der Waals surface area (Å²) in [5, 5.41) is -0.648. The highest BCUT2D eigenvalue weighted by Gasteiger charge is 2.25. The fraction of sp³-hybridized carbons (Fsp3) is 0.214. The van der Waals surface area contributed by atoms with Gasteiger partial charge in [0.15, 0.2) is 0 Å². The predicted octanol–water partition coefficient (Wildman–Crippen LogP) is 6.05. The second-order valence-corrected chi connectivity index (χ2v) is 11.8. The van der Waals surface area contributed by atoms with Gasteiger partial charge in [0.05, 0.1) is 27.7 Å². The molecule has 5 aromatic rings. The minimum Gasteiger partial charge on any atom is -0.368 e. The molecule has 2 heterocycles. The fourth-order valence-electron chi connectivity index (χ4n) is 4.44. The molecule has 0 bridgehead atoms. The third-order valence-electron chi connectivity index (χ3n) is 6.37. The summed E-state index contributed by atoms with van der Waals surface area (Å²) in [7, 11) is -3.70. The van der Waals surface area contributed by atoms with E-state index in [4.69, 9.17) is 10.7 Å². The van der Waals surface area contributed by atoms with Gasteiger partial charge in [0.2, 0.25) is 16.0 Å². The first-order chi connectivity index (χ1) is 17.2. The topological polar surface area (TPSA) is 107 Å². The molecule has 0 saturated carbocycles. The van der Waals surface area contributed by atoms with Crippen molar-refractivity contribution in [2.45, 2.75) is 38.9 Å².